The van der Waals surface area contributed by atoms with Gasteiger partial charge < -0.3 is 0 Å². The maximum Gasteiger partial charge on any atom is 0.210 e. The molecule has 5 nitrogen and oxygen atoms in total. The SMILES string of the molecule is N#Cc1ccc(-c2c3ccccc3c(-c3nc4cccc5c4n3-c3ccccc3S5(=O)=O)c3ccccc23)cc1. The molecule has 6 heteroatoms. The molecule has 0 unspecified atom stereocenters. The second-order valence-electron chi connectivity index (χ2n) is 9.90. The lowest BCUT2D eigenvalue weighted by molar-refractivity contribution is 0.594. The number of hydrogen-bond donors (Lipinski definition) is 0. The van der Waals surface area contributed by atoms with Crippen LogP contribution in [0.15, 0.2) is 125 Å². The average molecular weight is 534 g/mol. The summed E-state index contributed by atoms with van der Waals surface area (Å²) in [5.74, 6) is 0.698. The average Bonchev–Trinajstić information content (AvgIpc) is 3.38. The zero-order valence-electron chi connectivity index (χ0n) is 21.0. The fourth-order valence-electron chi connectivity index (χ4n) is 6.09. The van der Waals surface area contributed by atoms with Gasteiger partial charge >= 0.3 is 0 Å². The second kappa shape index (κ2) is 8.12. The third-order valence-electron chi connectivity index (χ3n) is 7.78. The molecular formula is C34H19N3O2S. The molecule has 6 aromatic carbocycles. The highest BCUT2D eigenvalue weighted by molar-refractivity contribution is 7.92. The second-order valence-corrected chi connectivity index (χ2v) is 11.8. The zero-order chi connectivity index (χ0) is 27.0. The minimum Gasteiger partial charge on any atom is -0.290 e. The quantitative estimate of drug-likeness (QED) is 0.214. The van der Waals surface area contributed by atoms with Crippen LogP contribution in [0.1, 0.15) is 5.56 Å². The van der Waals surface area contributed by atoms with Crippen LogP contribution in [0.2, 0.25) is 0 Å². The monoisotopic (exact) mass is 533 g/mol. The Morgan fingerprint density at radius 1 is 0.625 bits per heavy atom. The molecule has 0 saturated heterocycles. The van der Waals surface area contributed by atoms with Crippen molar-refractivity contribution in [2.45, 2.75) is 9.79 Å². The summed E-state index contributed by atoms with van der Waals surface area (Å²) in [4.78, 5) is 5.65. The van der Waals surface area contributed by atoms with E-state index in [2.05, 4.69) is 30.3 Å². The Morgan fingerprint density at radius 3 is 1.85 bits per heavy atom. The van der Waals surface area contributed by atoms with E-state index in [-0.39, 0.29) is 9.79 Å². The molecule has 1 aromatic heterocycles. The van der Waals surface area contributed by atoms with Crippen molar-refractivity contribution in [2.75, 3.05) is 0 Å². The summed E-state index contributed by atoms with van der Waals surface area (Å²) in [6.07, 6.45) is 0. The third kappa shape index (κ3) is 2.95. The molecule has 0 fully saturated rings. The number of aromatic nitrogens is 2. The van der Waals surface area contributed by atoms with Crippen molar-refractivity contribution in [1.82, 2.24) is 9.55 Å². The predicted octanol–water partition coefficient (Wildman–Crippen LogP) is 7.68. The van der Waals surface area contributed by atoms with Crippen LogP contribution in [0.5, 0.6) is 0 Å². The van der Waals surface area contributed by atoms with Crippen LogP contribution < -0.4 is 0 Å². The van der Waals surface area contributed by atoms with Crippen molar-refractivity contribution in [3.63, 3.8) is 0 Å². The minimum atomic E-state index is -3.69. The summed E-state index contributed by atoms with van der Waals surface area (Å²) in [7, 11) is -3.69. The molecule has 188 valence electrons. The van der Waals surface area contributed by atoms with E-state index < -0.39 is 9.84 Å². The molecular weight excluding hydrogens is 514 g/mol. The molecule has 1 aliphatic rings. The number of benzene rings is 6. The number of imidazole rings is 1. The molecule has 0 amide bonds. The number of hydrogen-bond acceptors (Lipinski definition) is 4. The van der Waals surface area contributed by atoms with E-state index in [0.717, 1.165) is 38.2 Å². The standard InChI is InChI=1S/C34H19N3O2S/c35-20-21-16-18-22(19-17-21)31-23-8-1-3-10-25(23)32(26-11-4-2-9-24(26)31)34-36-27-12-7-15-30-33(27)37(34)28-13-5-6-14-29(28)40(30,38)39/h1-19H. The molecule has 2 heterocycles. The number of nitrogens with zero attached hydrogens (tertiary/aromatic N) is 3. The largest absolute Gasteiger partial charge is 0.290 e. The van der Waals surface area contributed by atoms with Crippen LogP contribution in [0.3, 0.4) is 0 Å². The van der Waals surface area contributed by atoms with Crippen molar-refractivity contribution in [3.05, 3.63) is 121 Å². The summed E-state index contributed by atoms with van der Waals surface area (Å²) in [6.45, 7) is 0. The van der Waals surface area contributed by atoms with Gasteiger partial charge in [-0.05, 0) is 69.1 Å². The number of sulfone groups is 1. The molecule has 0 saturated carbocycles. The fraction of sp³-hybridized carbons (Fsp3) is 0. The predicted molar refractivity (Wildman–Crippen MR) is 157 cm³/mol. The lowest BCUT2D eigenvalue weighted by atomic mass is 9.88. The van der Waals surface area contributed by atoms with Crippen molar-refractivity contribution in [3.8, 4) is 34.3 Å². The minimum absolute atomic E-state index is 0.269. The van der Waals surface area contributed by atoms with Gasteiger partial charge in [0.05, 0.1) is 38.1 Å². The highest BCUT2D eigenvalue weighted by Gasteiger charge is 2.34. The molecule has 8 rings (SSSR count). The first-order valence-corrected chi connectivity index (χ1v) is 14.4. The Balaban J connectivity index is 1.57. The van der Waals surface area contributed by atoms with Crippen LogP contribution in [-0.4, -0.2) is 18.0 Å². The van der Waals surface area contributed by atoms with Crippen molar-refractivity contribution in [2.24, 2.45) is 0 Å². The zero-order valence-corrected chi connectivity index (χ0v) is 21.9. The molecule has 0 spiro atoms. The molecule has 40 heavy (non-hydrogen) atoms. The number of rotatable bonds is 2. The van der Waals surface area contributed by atoms with Gasteiger partial charge in [-0.1, -0.05) is 78.9 Å². The Bertz CT molecular complexity index is 2290. The molecule has 7 aromatic rings. The van der Waals surface area contributed by atoms with Gasteiger partial charge in [0.25, 0.3) is 0 Å². The van der Waals surface area contributed by atoms with E-state index in [1.165, 1.54) is 0 Å². The highest BCUT2D eigenvalue weighted by atomic mass is 32.2. The van der Waals surface area contributed by atoms with Crippen LogP contribution in [-0.2, 0) is 9.84 Å². The van der Waals surface area contributed by atoms with E-state index in [1.54, 1.807) is 24.3 Å². The third-order valence-corrected chi connectivity index (χ3v) is 9.62. The van der Waals surface area contributed by atoms with Gasteiger partial charge in [0.2, 0.25) is 9.84 Å². The molecule has 0 atom stereocenters. The molecule has 0 radical (unpaired) electrons. The Hall–Kier alpha value is -5.25. The first-order valence-electron chi connectivity index (χ1n) is 12.9. The van der Waals surface area contributed by atoms with Gasteiger partial charge in [0, 0.05) is 5.56 Å². The van der Waals surface area contributed by atoms with Crippen molar-refractivity contribution in [1.29, 1.82) is 5.26 Å². The number of nitriles is 1. The maximum atomic E-state index is 13.6. The molecule has 1 aliphatic heterocycles. The van der Waals surface area contributed by atoms with Crippen molar-refractivity contribution >= 4 is 42.4 Å². The topological polar surface area (TPSA) is 75.8 Å². The summed E-state index contributed by atoms with van der Waals surface area (Å²) < 4.78 is 29.3. The lowest BCUT2D eigenvalue weighted by Gasteiger charge is -2.22. The number of fused-ring (bicyclic) bond motifs is 4. The van der Waals surface area contributed by atoms with E-state index in [4.69, 9.17) is 4.98 Å². The van der Waals surface area contributed by atoms with Gasteiger partial charge in [0.15, 0.2) is 0 Å². The normalized spacial score (nSPS) is 13.4. The van der Waals surface area contributed by atoms with Crippen LogP contribution >= 0.6 is 0 Å². The first kappa shape index (κ1) is 22.7. The summed E-state index contributed by atoms with van der Waals surface area (Å²) in [5.41, 5.74) is 5.49. The van der Waals surface area contributed by atoms with Crippen LogP contribution in [0, 0.1) is 11.3 Å². The maximum absolute atomic E-state index is 13.6. The van der Waals surface area contributed by atoms with Gasteiger partial charge in [-0.2, -0.15) is 5.26 Å². The Morgan fingerprint density at radius 2 is 1.20 bits per heavy atom. The highest BCUT2D eigenvalue weighted by Crippen LogP contribution is 2.47. The van der Waals surface area contributed by atoms with E-state index >= 15 is 0 Å². The van der Waals surface area contributed by atoms with Gasteiger partial charge in [-0.25, -0.2) is 13.4 Å². The van der Waals surface area contributed by atoms with Crippen molar-refractivity contribution < 1.29 is 8.42 Å². The number of para-hydroxylation sites is 2. The van der Waals surface area contributed by atoms with Gasteiger partial charge in [-0.3, -0.25) is 4.57 Å². The first-order chi connectivity index (χ1) is 19.6. The van der Waals surface area contributed by atoms with Crippen LogP contribution in [0.25, 0.3) is 60.8 Å². The molecule has 0 N–H and O–H groups in total. The van der Waals surface area contributed by atoms with Gasteiger partial charge in [-0.15, -0.1) is 0 Å². The summed E-state index contributed by atoms with van der Waals surface area (Å²) in [5, 5.41) is 13.5. The molecule has 0 bridgehead atoms. The Labute approximate surface area is 230 Å². The summed E-state index contributed by atoms with van der Waals surface area (Å²) >= 11 is 0. The smallest absolute Gasteiger partial charge is 0.210 e. The van der Waals surface area contributed by atoms with E-state index in [9.17, 15) is 13.7 Å². The van der Waals surface area contributed by atoms with E-state index in [1.807, 2.05) is 71.3 Å². The van der Waals surface area contributed by atoms with Gasteiger partial charge in [0.1, 0.15) is 5.82 Å². The molecule has 0 aliphatic carbocycles. The fourth-order valence-corrected chi connectivity index (χ4v) is 7.73. The van der Waals surface area contributed by atoms with E-state index in [0.29, 0.717) is 28.1 Å². The van der Waals surface area contributed by atoms with Crippen LogP contribution in [0.4, 0.5) is 0 Å². The Kier molecular flexibility index (Phi) is 4.61. The summed E-state index contributed by atoms with van der Waals surface area (Å²) in [6, 6.07) is 38.8. The lowest BCUT2D eigenvalue weighted by Crippen LogP contribution is -2.15.